The summed E-state index contributed by atoms with van der Waals surface area (Å²) in [6.07, 6.45) is 0. The van der Waals surface area contributed by atoms with Gasteiger partial charge in [0.15, 0.2) is 0 Å². The van der Waals surface area contributed by atoms with Gasteiger partial charge >= 0.3 is 12.0 Å². The molecule has 1 fully saturated rings. The Balaban J connectivity index is 1.92. The van der Waals surface area contributed by atoms with E-state index >= 15 is 0 Å². The number of hydrogen-bond acceptors (Lipinski definition) is 4. The minimum Gasteiger partial charge on any atom is -0.465 e. The number of urea groups is 1. The van der Waals surface area contributed by atoms with E-state index in [9.17, 15) is 14.0 Å². The van der Waals surface area contributed by atoms with E-state index in [4.69, 9.17) is 9.15 Å². The van der Waals surface area contributed by atoms with Gasteiger partial charge in [-0.3, -0.25) is 4.79 Å². The van der Waals surface area contributed by atoms with Gasteiger partial charge in [0.2, 0.25) is 0 Å². The molecule has 0 aliphatic carbocycles. The first-order chi connectivity index (χ1) is 12.0. The molecule has 25 heavy (non-hydrogen) atoms. The molecule has 2 amide bonds. The molecule has 6 nitrogen and oxygen atoms in total. The molecule has 0 spiro atoms. The van der Waals surface area contributed by atoms with Crippen LogP contribution in [0.3, 0.4) is 0 Å². The highest BCUT2D eigenvalue weighted by molar-refractivity contribution is 5.85. The SMILES string of the molecule is C=C1NC(=O)N[C@@H](c2ccc(-c3ccc(F)cc3)o2)[C@@H]1C(=O)OCC. The molecule has 2 atom stereocenters. The van der Waals surface area contributed by atoms with Gasteiger partial charge < -0.3 is 19.8 Å². The largest absolute Gasteiger partial charge is 0.465 e. The lowest BCUT2D eigenvalue weighted by molar-refractivity contribution is -0.148. The summed E-state index contributed by atoms with van der Waals surface area (Å²) in [5, 5.41) is 5.15. The number of carbonyl (C=O) groups excluding carboxylic acids is 2. The van der Waals surface area contributed by atoms with Crippen LogP contribution in [0.2, 0.25) is 0 Å². The maximum Gasteiger partial charge on any atom is 0.319 e. The van der Waals surface area contributed by atoms with Crippen LogP contribution >= 0.6 is 0 Å². The Morgan fingerprint density at radius 1 is 1.28 bits per heavy atom. The van der Waals surface area contributed by atoms with Gasteiger partial charge in [0.25, 0.3) is 0 Å². The molecule has 0 unspecified atom stereocenters. The molecule has 130 valence electrons. The third-order valence-electron chi connectivity index (χ3n) is 3.87. The number of carbonyl (C=O) groups is 2. The van der Waals surface area contributed by atoms with Crippen LogP contribution in [0.5, 0.6) is 0 Å². The summed E-state index contributed by atoms with van der Waals surface area (Å²) in [6.45, 7) is 5.65. The highest BCUT2D eigenvalue weighted by atomic mass is 19.1. The highest BCUT2D eigenvalue weighted by Crippen LogP contribution is 2.33. The summed E-state index contributed by atoms with van der Waals surface area (Å²) in [5.41, 5.74) is 0.923. The molecule has 2 heterocycles. The van der Waals surface area contributed by atoms with Crippen molar-refractivity contribution in [1.82, 2.24) is 10.6 Å². The Morgan fingerprint density at radius 3 is 2.68 bits per heavy atom. The van der Waals surface area contributed by atoms with Crippen molar-refractivity contribution >= 4 is 12.0 Å². The molecule has 2 N–H and O–H groups in total. The lowest BCUT2D eigenvalue weighted by atomic mass is 9.93. The maximum absolute atomic E-state index is 13.1. The van der Waals surface area contributed by atoms with E-state index < -0.39 is 24.0 Å². The van der Waals surface area contributed by atoms with Crippen molar-refractivity contribution in [1.29, 1.82) is 0 Å². The van der Waals surface area contributed by atoms with E-state index in [1.807, 2.05) is 0 Å². The standard InChI is InChI=1S/C18H17FN2O4/c1-3-24-17(22)15-10(2)20-18(23)21-16(15)14-9-8-13(25-14)11-4-6-12(19)7-5-11/h4-9,15-16H,2-3H2,1H3,(H2,20,21,23)/t15-,16+/m1/s1. The van der Waals surface area contributed by atoms with Crippen LogP contribution in [-0.2, 0) is 9.53 Å². The first kappa shape index (κ1) is 16.8. The molecule has 0 radical (unpaired) electrons. The van der Waals surface area contributed by atoms with E-state index in [0.29, 0.717) is 17.1 Å². The Morgan fingerprint density at radius 2 is 2.00 bits per heavy atom. The molecule has 0 bridgehead atoms. The van der Waals surface area contributed by atoms with Gasteiger partial charge in [-0.15, -0.1) is 0 Å². The molecule has 1 aliphatic heterocycles. The van der Waals surface area contributed by atoms with E-state index in [2.05, 4.69) is 17.2 Å². The number of furan rings is 1. The Bertz CT molecular complexity index is 813. The second-order valence-electron chi connectivity index (χ2n) is 5.54. The van der Waals surface area contributed by atoms with E-state index in [1.165, 1.54) is 12.1 Å². The molecule has 1 aromatic carbocycles. The van der Waals surface area contributed by atoms with Crippen molar-refractivity contribution in [2.24, 2.45) is 5.92 Å². The van der Waals surface area contributed by atoms with Crippen LogP contribution in [0.4, 0.5) is 9.18 Å². The summed E-state index contributed by atoms with van der Waals surface area (Å²) in [6, 6.07) is 7.96. The third-order valence-corrected chi connectivity index (χ3v) is 3.87. The maximum atomic E-state index is 13.1. The van der Waals surface area contributed by atoms with Crippen molar-refractivity contribution in [3.05, 3.63) is 60.3 Å². The zero-order valence-electron chi connectivity index (χ0n) is 13.5. The minimum atomic E-state index is -0.815. The predicted molar refractivity (Wildman–Crippen MR) is 87.8 cm³/mol. The van der Waals surface area contributed by atoms with Crippen LogP contribution in [0.1, 0.15) is 18.7 Å². The number of ether oxygens (including phenoxy) is 1. The molecule has 3 rings (SSSR count). The Labute approximate surface area is 143 Å². The summed E-state index contributed by atoms with van der Waals surface area (Å²) in [4.78, 5) is 24.0. The predicted octanol–water partition coefficient (Wildman–Crippen LogP) is 3.13. The van der Waals surface area contributed by atoms with Crippen LogP contribution in [0.25, 0.3) is 11.3 Å². The number of benzene rings is 1. The molecule has 1 aromatic heterocycles. The molecule has 0 saturated carbocycles. The van der Waals surface area contributed by atoms with Gasteiger partial charge in [-0.1, -0.05) is 6.58 Å². The van der Waals surface area contributed by atoms with E-state index in [1.54, 1.807) is 31.2 Å². The van der Waals surface area contributed by atoms with Crippen LogP contribution in [0.15, 0.2) is 53.1 Å². The second-order valence-corrected chi connectivity index (χ2v) is 5.54. The van der Waals surface area contributed by atoms with Crippen molar-refractivity contribution in [3.63, 3.8) is 0 Å². The highest BCUT2D eigenvalue weighted by Gasteiger charge is 2.40. The molecule has 2 aromatic rings. The second kappa shape index (κ2) is 6.80. The average molecular weight is 344 g/mol. The van der Waals surface area contributed by atoms with Gasteiger partial charge in [-0.05, 0) is 43.3 Å². The van der Waals surface area contributed by atoms with Crippen molar-refractivity contribution < 1.29 is 23.1 Å². The topological polar surface area (TPSA) is 80.6 Å². The van der Waals surface area contributed by atoms with E-state index in [-0.39, 0.29) is 18.1 Å². The summed E-state index contributed by atoms with van der Waals surface area (Å²) in [7, 11) is 0. The first-order valence-corrected chi connectivity index (χ1v) is 7.78. The number of hydrogen-bond donors (Lipinski definition) is 2. The fourth-order valence-corrected chi connectivity index (χ4v) is 2.72. The van der Waals surface area contributed by atoms with Crippen LogP contribution in [0, 0.1) is 11.7 Å². The number of amides is 2. The average Bonchev–Trinajstić information content (AvgIpc) is 3.04. The van der Waals surface area contributed by atoms with Gasteiger partial charge in [-0.2, -0.15) is 0 Å². The van der Waals surface area contributed by atoms with Gasteiger partial charge in [-0.25, -0.2) is 9.18 Å². The number of halogens is 1. The lowest BCUT2D eigenvalue weighted by Gasteiger charge is -2.31. The summed E-state index contributed by atoms with van der Waals surface area (Å²) < 4.78 is 23.9. The smallest absolute Gasteiger partial charge is 0.319 e. The number of rotatable bonds is 4. The molecular weight excluding hydrogens is 327 g/mol. The summed E-state index contributed by atoms with van der Waals surface area (Å²) in [5.74, 6) is -0.793. The van der Waals surface area contributed by atoms with Crippen molar-refractivity contribution in [3.8, 4) is 11.3 Å². The third kappa shape index (κ3) is 3.40. The monoisotopic (exact) mass is 344 g/mol. The van der Waals surface area contributed by atoms with E-state index in [0.717, 1.165) is 0 Å². The van der Waals surface area contributed by atoms with Crippen LogP contribution in [-0.4, -0.2) is 18.6 Å². The lowest BCUT2D eigenvalue weighted by Crippen LogP contribution is -2.51. The molecular formula is C18H17FN2O4. The van der Waals surface area contributed by atoms with Gasteiger partial charge in [0, 0.05) is 11.3 Å². The zero-order valence-corrected chi connectivity index (χ0v) is 13.5. The summed E-state index contributed by atoms with van der Waals surface area (Å²) >= 11 is 0. The van der Waals surface area contributed by atoms with Crippen molar-refractivity contribution in [2.75, 3.05) is 6.61 Å². The fraction of sp³-hybridized carbons (Fsp3) is 0.222. The van der Waals surface area contributed by atoms with Crippen LogP contribution < -0.4 is 10.6 Å². The molecule has 7 heteroatoms. The Kier molecular flexibility index (Phi) is 4.56. The number of nitrogens with one attached hydrogen (secondary N) is 2. The Hall–Kier alpha value is -3.09. The van der Waals surface area contributed by atoms with Gasteiger partial charge in [0.1, 0.15) is 29.3 Å². The zero-order chi connectivity index (χ0) is 18.0. The molecule has 1 aliphatic rings. The fourth-order valence-electron chi connectivity index (χ4n) is 2.72. The molecule has 1 saturated heterocycles. The van der Waals surface area contributed by atoms with Gasteiger partial charge in [0.05, 0.1) is 6.61 Å². The first-order valence-electron chi connectivity index (χ1n) is 7.78. The normalized spacial score (nSPS) is 19.9. The quantitative estimate of drug-likeness (QED) is 0.835. The number of esters is 1. The van der Waals surface area contributed by atoms with Crippen molar-refractivity contribution in [2.45, 2.75) is 13.0 Å². The minimum absolute atomic E-state index is 0.211.